The van der Waals surface area contributed by atoms with Crippen LogP contribution in [0.1, 0.15) is 10.4 Å². The van der Waals surface area contributed by atoms with Gasteiger partial charge in [0.15, 0.2) is 16.7 Å². The second-order valence-corrected chi connectivity index (χ2v) is 7.99. The van der Waals surface area contributed by atoms with Crippen molar-refractivity contribution in [2.45, 2.75) is 0 Å². The molecule has 11 heteroatoms. The zero-order valence-corrected chi connectivity index (χ0v) is 17.9. The molecule has 170 valence electrons. The van der Waals surface area contributed by atoms with Crippen LogP contribution in [-0.2, 0) is 0 Å². The zero-order valence-electron chi connectivity index (χ0n) is 17.1. The number of pyridine rings is 1. The molecule has 0 spiro atoms. The number of aromatic nitrogens is 3. The number of amides is 1. The van der Waals surface area contributed by atoms with E-state index < -0.39 is 28.9 Å². The summed E-state index contributed by atoms with van der Waals surface area (Å²) in [6.07, 6.45) is 3.21. The van der Waals surface area contributed by atoms with Gasteiger partial charge in [-0.15, -0.1) is 11.3 Å². The van der Waals surface area contributed by atoms with E-state index in [9.17, 15) is 18.0 Å². The largest absolute Gasteiger partial charge is 0.453 e. The van der Waals surface area contributed by atoms with Crippen molar-refractivity contribution >= 4 is 39.1 Å². The van der Waals surface area contributed by atoms with Gasteiger partial charge in [0, 0.05) is 35.1 Å². The highest BCUT2D eigenvalue weighted by Crippen LogP contribution is 2.38. The molecule has 0 aliphatic carbocycles. The number of rotatable bonds is 5. The molecule has 4 N–H and O–H groups in total. The quantitative estimate of drug-likeness (QED) is 0.297. The lowest BCUT2D eigenvalue weighted by molar-refractivity contribution is 0.101. The summed E-state index contributed by atoms with van der Waals surface area (Å²) in [6, 6.07) is 8.27. The maximum atomic E-state index is 14.8. The fraction of sp³-hybridized carbons (Fsp3) is 0. The van der Waals surface area contributed by atoms with Gasteiger partial charge in [0.1, 0.15) is 28.6 Å². The molecule has 0 aliphatic heterocycles. The lowest BCUT2D eigenvalue weighted by Crippen LogP contribution is -2.16. The van der Waals surface area contributed by atoms with Gasteiger partial charge in [-0.3, -0.25) is 4.79 Å². The molecule has 0 saturated heterocycles. The number of benzene rings is 2. The Morgan fingerprint density at radius 2 is 1.85 bits per heavy atom. The van der Waals surface area contributed by atoms with E-state index in [1.807, 2.05) is 0 Å². The SMILES string of the molecule is Nc1nc(-c2c[nH]c3nccc(Oc4ccc(NC(=O)c5c(F)cccc5F)cc4F)c23)cs1. The molecule has 1 amide bonds. The van der Waals surface area contributed by atoms with Crippen LogP contribution in [0.2, 0.25) is 0 Å². The number of nitrogen functional groups attached to an aromatic ring is 1. The average Bonchev–Trinajstić information content (AvgIpc) is 3.42. The Kier molecular flexibility index (Phi) is 5.38. The Morgan fingerprint density at radius 1 is 1.06 bits per heavy atom. The average molecular weight is 481 g/mol. The number of nitrogens with zero attached hydrogens (tertiary/aromatic N) is 2. The van der Waals surface area contributed by atoms with Gasteiger partial charge >= 0.3 is 0 Å². The van der Waals surface area contributed by atoms with Crippen LogP contribution in [0.5, 0.6) is 11.5 Å². The van der Waals surface area contributed by atoms with E-state index in [1.165, 1.54) is 29.7 Å². The van der Waals surface area contributed by atoms with E-state index in [4.69, 9.17) is 10.5 Å². The molecule has 0 bridgehead atoms. The molecule has 0 aliphatic rings. The standard InChI is InChI=1S/C23H14F3N5O2S/c24-13-2-1-3-14(25)20(13)22(32)30-11-4-5-17(15(26)8-11)33-18-6-7-28-21-19(18)12(9-29-21)16-10-34-23(27)31-16/h1-10H,(H2,27,31)(H,28,29)(H,30,32). The normalized spacial score (nSPS) is 11.0. The number of nitrogens with one attached hydrogen (secondary N) is 2. The minimum atomic E-state index is -1.04. The minimum Gasteiger partial charge on any atom is -0.453 e. The maximum Gasteiger partial charge on any atom is 0.261 e. The molecule has 34 heavy (non-hydrogen) atoms. The topological polar surface area (TPSA) is 106 Å². The van der Waals surface area contributed by atoms with Crippen LogP contribution in [0.3, 0.4) is 0 Å². The molecule has 2 aromatic carbocycles. The Morgan fingerprint density at radius 3 is 2.56 bits per heavy atom. The lowest BCUT2D eigenvalue weighted by atomic mass is 10.1. The molecule has 0 fully saturated rings. The second-order valence-electron chi connectivity index (χ2n) is 7.10. The predicted octanol–water partition coefficient (Wildman–Crippen LogP) is 5.73. The number of halogens is 3. The van der Waals surface area contributed by atoms with E-state index in [2.05, 4.69) is 20.3 Å². The molecular weight excluding hydrogens is 467 g/mol. The first-order valence-corrected chi connectivity index (χ1v) is 10.7. The third-order valence-electron chi connectivity index (χ3n) is 4.93. The van der Waals surface area contributed by atoms with Crippen molar-refractivity contribution in [3.8, 4) is 22.8 Å². The Hall–Kier alpha value is -4.38. The van der Waals surface area contributed by atoms with E-state index in [-0.39, 0.29) is 11.4 Å². The van der Waals surface area contributed by atoms with Crippen LogP contribution in [-0.4, -0.2) is 20.9 Å². The second kappa shape index (κ2) is 8.52. The van der Waals surface area contributed by atoms with Crippen molar-refractivity contribution < 1.29 is 22.7 Å². The van der Waals surface area contributed by atoms with Gasteiger partial charge in [0.05, 0.1) is 11.1 Å². The first kappa shape index (κ1) is 21.5. The van der Waals surface area contributed by atoms with Crippen LogP contribution < -0.4 is 15.8 Å². The van der Waals surface area contributed by atoms with E-state index in [1.54, 1.807) is 17.6 Å². The Labute approximate surface area is 194 Å². The number of hydrogen-bond donors (Lipinski definition) is 3. The summed E-state index contributed by atoms with van der Waals surface area (Å²) in [5, 5.41) is 5.05. The Bertz CT molecular complexity index is 1530. The monoisotopic (exact) mass is 481 g/mol. The van der Waals surface area contributed by atoms with Crippen LogP contribution in [0.4, 0.5) is 24.0 Å². The number of H-pyrrole nitrogens is 1. The molecule has 3 aromatic heterocycles. The number of fused-ring (bicyclic) bond motifs is 1. The van der Waals surface area contributed by atoms with Crippen molar-refractivity contribution in [3.05, 3.63) is 83.3 Å². The molecule has 0 saturated carbocycles. The summed E-state index contributed by atoms with van der Waals surface area (Å²) < 4.78 is 48.3. The van der Waals surface area contributed by atoms with Crippen molar-refractivity contribution in [1.82, 2.24) is 15.0 Å². The number of anilines is 2. The van der Waals surface area contributed by atoms with Gasteiger partial charge in [-0.25, -0.2) is 23.1 Å². The Balaban J connectivity index is 1.43. The predicted molar refractivity (Wildman–Crippen MR) is 122 cm³/mol. The van der Waals surface area contributed by atoms with Crippen LogP contribution in [0.25, 0.3) is 22.3 Å². The molecule has 7 nitrogen and oxygen atoms in total. The zero-order chi connectivity index (χ0) is 23.8. The summed E-state index contributed by atoms with van der Waals surface area (Å²) in [7, 11) is 0. The third kappa shape index (κ3) is 3.92. The smallest absolute Gasteiger partial charge is 0.261 e. The summed E-state index contributed by atoms with van der Waals surface area (Å²) >= 11 is 1.28. The highest BCUT2D eigenvalue weighted by Gasteiger charge is 2.19. The third-order valence-corrected chi connectivity index (χ3v) is 5.61. The van der Waals surface area contributed by atoms with Crippen LogP contribution >= 0.6 is 11.3 Å². The van der Waals surface area contributed by atoms with Gasteiger partial charge in [0.25, 0.3) is 5.91 Å². The number of hydrogen-bond acceptors (Lipinski definition) is 6. The van der Waals surface area contributed by atoms with Crippen molar-refractivity contribution in [2.24, 2.45) is 0 Å². The van der Waals surface area contributed by atoms with Gasteiger partial charge in [-0.05, 0) is 30.3 Å². The van der Waals surface area contributed by atoms with Crippen molar-refractivity contribution in [3.63, 3.8) is 0 Å². The van der Waals surface area contributed by atoms with E-state index in [0.717, 1.165) is 24.3 Å². The highest BCUT2D eigenvalue weighted by atomic mass is 32.1. The number of carbonyl (C=O) groups excluding carboxylic acids is 1. The van der Waals surface area contributed by atoms with Crippen LogP contribution in [0.15, 0.2) is 60.2 Å². The number of ether oxygens (including phenoxy) is 1. The van der Waals surface area contributed by atoms with E-state index in [0.29, 0.717) is 33.2 Å². The lowest BCUT2D eigenvalue weighted by Gasteiger charge is -2.11. The van der Waals surface area contributed by atoms with Gasteiger partial charge in [-0.2, -0.15) is 0 Å². The molecule has 0 unspecified atom stereocenters. The summed E-state index contributed by atoms with van der Waals surface area (Å²) in [5.41, 5.74) is 6.79. The molecule has 5 rings (SSSR count). The first-order chi connectivity index (χ1) is 16.4. The molecular formula is C23H14F3N5O2S. The van der Waals surface area contributed by atoms with Gasteiger partial charge in [-0.1, -0.05) is 6.07 Å². The van der Waals surface area contributed by atoms with Gasteiger partial charge in [0.2, 0.25) is 0 Å². The number of carbonyl (C=O) groups is 1. The van der Waals surface area contributed by atoms with Crippen molar-refractivity contribution in [1.29, 1.82) is 0 Å². The molecule has 0 radical (unpaired) electrons. The van der Waals surface area contributed by atoms with Crippen molar-refractivity contribution in [2.75, 3.05) is 11.1 Å². The highest BCUT2D eigenvalue weighted by molar-refractivity contribution is 7.13. The maximum absolute atomic E-state index is 14.8. The molecule has 3 heterocycles. The molecule has 0 atom stereocenters. The summed E-state index contributed by atoms with van der Waals surface area (Å²) in [5.74, 6) is -3.71. The summed E-state index contributed by atoms with van der Waals surface area (Å²) in [6.45, 7) is 0. The first-order valence-electron chi connectivity index (χ1n) is 9.81. The number of thiazole rings is 1. The van der Waals surface area contributed by atoms with Gasteiger partial charge < -0.3 is 20.8 Å². The van der Waals surface area contributed by atoms with E-state index >= 15 is 0 Å². The molecule has 5 aromatic rings. The number of aromatic amines is 1. The fourth-order valence-electron chi connectivity index (χ4n) is 3.41. The summed E-state index contributed by atoms with van der Waals surface area (Å²) in [4.78, 5) is 23.8. The minimum absolute atomic E-state index is 0.00217. The fourth-order valence-corrected chi connectivity index (χ4v) is 3.98. The number of nitrogens with two attached hydrogens (primary N) is 1. The van der Waals surface area contributed by atoms with Crippen LogP contribution in [0, 0.1) is 17.5 Å².